The van der Waals surface area contributed by atoms with Gasteiger partial charge in [-0.2, -0.15) is 0 Å². The van der Waals surface area contributed by atoms with Crippen LogP contribution in [0.5, 0.6) is 17.2 Å². The first kappa shape index (κ1) is 18.7. The van der Waals surface area contributed by atoms with Gasteiger partial charge in [0.25, 0.3) is 0 Å². The van der Waals surface area contributed by atoms with Gasteiger partial charge >= 0.3 is 6.03 Å². The minimum absolute atomic E-state index is 0.330. The maximum atomic E-state index is 11.9. The van der Waals surface area contributed by atoms with Crippen LogP contribution < -0.4 is 24.8 Å². The lowest BCUT2D eigenvalue weighted by atomic mass is 10.2. The summed E-state index contributed by atoms with van der Waals surface area (Å²) in [6.07, 6.45) is 0. The topological polar surface area (TPSA) is 68.8 Å². The zero-order chi connectivity index (χ0) is 18.2. The molecule has 0 unspecified atom stereocenters. The van der Waals surface area contributed by atoms with Crippen molar-refractivity contribution in [2.45, 2.75) is 6.92 Å². The minimum Gasteiger partial charge on any atom is -0.493 e. The molecule has 0 aliphatic heterocycles. The van der Waals surface area contributed by atoms with E-state index in [0.717, 1.165) is 5.56 Å². The number of hydrogen-bond acceptors (Lipinski definition) is 4. The summed E-state index contributed by atoms with van der Waals surface area (Å²) in [6.45, 7) is 2.62. The molecule has 2 aromatic rings. The number of hydrogen-bond donors (Lipinski definition) is 2. The van der Waals surface area contributed by atoms with Crippen molar-refractivity contribution in [1.82, 2.24) is 5.32 Å². The molecule has 0 radical (unpaired) electrons. The van der Waals surface area contributed by atoms with Gasteiger partial charge in [0.15, 0.2) is 11.5 Å². The average Bonchev–Trinajstić information content (AvgIpc) is 2.61. The van der Waals surface area contributed by atoms with E-state index >= 15 is 0 Å². The molecule has 0 saturated carbocycles. The molecule has 0 atom stereocenters. The predicted molar refractivity (Wildman–Crippen MR) is 98.3 cm³/mol. The van der Waals surface area contributed by atoms with Crippen molar-refractivity contribution in [2.75, 3.05) is 32.7 Å². The number of benzene rings is 2. The largest absolute Gasteiger partial charge is 0.493 e. The summed E-state index contributed by atoms with van der Waals surface area (Å²) < 4.78 is 15.9. The van der Waals surface area contributed by atoms with E-state index in [-0.39, 0.29) is 6.03 Å². The number of nitrogens with one attached hydrogen (secondary N) is 2. The van der Waals surface area contributed by atoms with Crippen LogP contribution in [-0.4, -0.2) is 33.4 Å². The van der Waals surface area contributed by atoms with E-state index in [1.807, 2.05) is 13.0 Å². The monoisotopic (exact) mass is 364 g/mol. The molecule has 2 N–H and O–H groups in total. The fourth-order valence-corrected chi connectivity index (χ4v) is 2.25. The van der Waals surface area contributed by atoms with Gasteiger partial charge in [0, 0.05) is 16.8 Å². The van der Waals surface area contributed by atoms with E-state index < -0.39 is 0 Å². The highest BCUT2D eigenvalue weighted by molar-refractivity contribution is 6.31. The van der Waals surface area contributed by atoms with Crippen LogP contribution in [0, 0.1) is 6.92 Å². The number of amides is 2. The Morgan fingerprint density at radius 2 is 1.84 bits per heavy atom. The SMILES string of the molecule is COc1ccc(NC(=O)NCCOc2ccc(Cl)c(C)c2)cc1OC. The molecule has 134 valence electrons. The van der Waals surface area contributed by atoms with Crippen molar-refractivity contribution in [3.63, 3.8) is 0 Å². The first-order valence-corrected chi connectivity index (χ1v) is 8.07. The molecular formula is C18H21ClN2O4. The van der Waals surface area contributed by atoms with Crippen molar-refractivity contribution >= 4 is 23.3 Å². The Labute approximate surface area is 152 Å². The first-order chi connectivity index (χ1) is 12.0. The molecule has 7 heteroatoms. The second kappa shape index (κ2) is 9.03. The molecule has 6 nitrogen and oxygen atoms in total. The summed E-state index contributed by atoms with van der Waals surface area (Å²) in [4.78, 5) is 11.9. The Balaban J connectivity index is 1.78. The highest BCUT2D eigenvalue weighted by Crippen LogP contribution is 2.29. The number of methoxy groups -OCH3 is 2. The molecule has 0 fully saturated rings. The molecule has 0 aliphatic rings. The molecule has 0 aliphatic carbocycles. The molecule has 2 amide bonds. The highest BCUT2D eigenvalue weighted by atomic mass is 35.5. The Hall–Kier alpha value is -2.60. The zero-order valence-corrected chi connectivity index (χ0v) is 15.1. The van der Waals surface area contributed by atoms with Crippen molar-refractivity contribution in [3.05, 3.63) is 47.0 Å². The van der Waals surface area contributed by atoms with Crippen LogP contribution in [0.4, 0.5) is 10.5 Å². The number of aryl methyl sites for hydroxylation is 1. The fraction of sp³-hybridized carbons (Fsp3) is 0.278. The number of urea groups is 1. The second-order valence-electron chi connectivity index (χ2n) is 5.21. The Morgan fingerprint density at radius 1 is 1.08 bits per heavy atom. The number of carbonyl (C=O) groups is 1. The first-order valence-electron chi connectivity index (χ1n) is 7.69. The van der Waals surface area contributed by atoms with Crippen molar-refractivity contribution in [2.24, 2.45) is 0 Å². The van der Waals surface area contributed by atoms with Crippen LogP contribution in [0.3, 0.4) is 0 Å². The van der Waals surface area contributed by atoms with Gasteiger partial charge in [-0.15, -0.1) is 0 Å². The molecule has 25 heavy (non-hydrogen) atoms. The highest BCUT2D eigenvalue weighted by Gasteiger charge is 2.07. The lowest BCUT2D eigenvalue weighted by Gasteiger charge is -2.12. The van der Waals surface area contributed by atoms with Crippen molar-refractivity contribution in [3.8, 4) is 17.2 Å². The number of carbonyl (C=O) groups excluding carboxylic acids is 1. The quantitative estimate of drug-likeness (QED) is 0.732. The molecule has 2 aromatic carbocycles. The van der Waals surface area contributed by atoms with Gasteiger partial charge in [0.1, 0.15) is 12.4 Å². The summed E-state index contributed by atoms with van der Waals surface area (Å²) >= 11 is 5.96. The Morgan fingerprint density at radius 3 is 2.52 bits per heavy atom. The maximum Gasteiger partial charge on any atom is 0.319 e. The summed E-state index contributed by atoms with van der Waals surface area (Å²) in [6, 6.07) is 10.2. The predicted octanol–water partition coefficient (Wildman–Crippen LogP) is 3.87. The summed E-state index contributed by atoms with van der Waals surface area (Å²) in [5.41, 5.74) is 1.54. The van der Waals surface area contributed by atoms with E-state index in [4.69, 9.17) is 25.8 Å². The number of anilines is 1. The molecule has 0 bridgehead atoms. The number of rotatable bonds is 7. The zero-order valence-electron chi connectivity index (χ0n) is 14.4. The Kier molecular flexibility index (Phi) is 6.77. The van der Waals surface area contributed by atoms with Crippen LogP contribution in [-0.2, 0) is 0 Å². The minimum atomic E-state index is -0.330. The maximum absolute atomic E-state index is 11.9. The molecule has 0 heterocycles. The number of ether oxygens (including phenoxy) is 3. The summed E-state index contributed by atoms with van der Waals surface area (Å²) in [5, 5.41) is 6.14. The van der Waals surface area contributed by atoms with E-state index in [9.17, 15) is 4.79 Å². The van der Waals surface area contributed by atoms with E-state index in [1.54, 1.807) is 37.4 Å². The molecule has 0 saturated heterocycles. The molecule has 2 rings (SSSR count). The fourth-order valence-electron chi connectivity index (χ4n) is 2.13. The van der Waals surface area contributed by atoms with Gasteiger partial charge in [-0.25, -0.2) is 4.79 Å². The van der Waals surface area contributed by atoms with Crippen molar-refractivity contribution < 1.29 is 19.0 Å². The third kappa shape index (κ3) is 5.46. The molecular weight excluding hydrogens is 344 g/mol. The van der Waals surface area contributed by atoms with Crippen LogP contribution >= 0.6 is 11.6 Å². The van der Waals surface area contributed by atoms with Crippen molar-refractivity contribution in [1.29, 1.82) is 0 Å². The second-order valence-corrected chi connectivity index (χ2v) is 5.62. The van der Waals surface area contributed by atoms with Gasteiger partial charge in [-0.3, -0.25) is 0 Å². The van der Waals surface area contributed by atoms with Gasteiger partial charge in [-0.05, 0) is 42.8 Å². The van der Waals surface area contributed by atoms with Crippen LogP contribution in [0.1, 0.15) is 5.56 Å². The van der Waals surface area contributed by atoms with E-state index in [1.165, 1.54) is 7.11 Å². The van der Waals surface area contributed by atoms with E-state index in [2.05, 4.69) is 10.6 Å². The van der Waals surface area contributed by atoms with Gasteiger partial charge in [0.2, 0.25) is 0 Å². The smallest absolute Gasteiger partial charge is 0.319 e. The van der Waals surface area contributed by atoms with Crippen LogP contribution in [0.15, 0.2) is 36.4 Å². The van der Waals surface area contributed by atoms with Crippen LogP contribution in [0.2, 0.25) is 5.02 Å². The summed E-state index contributed by atoms with van der Waals surface area (Å²) in [7, 11) is 3.09. The van der Waals surface area contributed by atoms with Crippen LogP contribution in [0.25, 0.3) is 0 Å². The lowest BCUT2D eigenvalue weighted by molar-refractivity contribution is 0.247. The Bertz CT molecular complexity index is 737. The normalized spacial score (nSPS) is 10.1. The van der Waals surface area contributed by atoms with E-state index in [0.29, 0.717) is 41.1 Å². The van der Waals surface area contributed by atoms with Gasteiger partial charge in [0.05, 0.1) is 20.8 Å². The third-order valence-electron chi connectivity index (χ3n) is 3.43. The standard InChI is InChI=1S/C18H21ClN2O4/c1-12-10-14(5-6-15(12)19)25-9-8-20-18(22)21-13-4-7-16(23-2)17(11-13)24-3/h4-7,10-11H,8-9H2,1-3H3,(H2,20,21,22). The number of halogens is 1. The lowest BCUT2D eigenvalue weighted by Crippen LogP contribution is -2.32. The summed E-state index contributed by atoms with van der Waals surface area (Å²) in [5.74, 6) is 1.85. The molecule has 0 spiro atoms. The van der Waals surface area contributed by atoms with Gasteiger partial charge in [-0.1, -0.05) is 11.6 Å². The molecule has 0 aromatic heterocycles. The third-order valence-corrected chi connectivity index (χ3v) is 3.85. The van der Waals surface area contributed by atoms with Gasteiger partial charge < -0.3 is 24.8 Å². The average molecular weight is 365 g/mol.